The van der Waals surface area contributed by atoms with Gasteiger partial charge in [0.1, 0.15) is 23.8 Å². The minimum absolute atomic E-state index is 0.0477. The minimum atomic E-state index is -0.412. The zero-order chi connectivity index (χ0) is 14.9. The van der Waals surface area contributed by atoms with Crippen molar-refractivity contribution in [3.05, 3.63) is 39.1 Å². The third kappa shape index (κ3) is 2.58. The molecule has 8 nitrogen and oxygen atoms in total. The highest BCUT2D eigenvalue weighted by atomic mass is 16.6. The number of anilines is 1. The molecule has 2 heterocycles. The van der Waals surface area contributed by atoms with Crippen LogP contribution in [0.4, 0.5) is 11.5 Å². The summed E-state index contributed by atoms with van der Waals surface area (Å²) >= 11 is 0. The van der Waals surface area contributed by atoms with Crippen molar-refractivity contribution in [1.29, 1.82) is 0 Å². The predicted octanol–water partition coefficient (Wildman–Crippen LogP) is 1.60. The molecule has 0 aliphatic rings. The van der Waals surface area contributed by atoms with Crippen molar-refractivity contribution < 1.29 is 4.92 Å². The normalized spacial score (nSPS) is 10.6. The molecule has 20 heavy (non-hydrogen) atoms. The number of nitrogens with zero attached hydrogens (tertiary/aromatic N) is 5. The van der Waals surface area contributed by atoms with Gasteiger partial charge in [0.25, 0.3) is 0 Å². The lowest BCUT2D eigenvalue weighted by Gasteiger charge is -2.06. The van der Waals surface area contributed by atoms with Gasteiger partial charge in [0.2, 0.25) is 0 Å². The van der Waals surface area contributed by atoms with Crippen LogP contribution >= 0.6 is 0 Å². The summed E-state index contributed by atoms with van der Waals surface area (Å²) in [6.07, 6.45) is 0. The Hall–Kier alpha value is -2.51. The van der Waals surface area contributed by atoms with Crippen LogP contribution in [0.15, 0.2) is 6.07 Å². The molecule has 0 spiro atoms. The van der Waals surface area contributed by atoms with E-state index in [0.717, 1.165) is 5.69 Å². The Balaban J connectivity index is 2.38. The smallest absolute Gasteiger partial charge is 0.312 e. The van der Waals surface area contributed by atoms with Gasteiger partial charge in [-0.2, -0.15) is 5.10 Å². The van der Waals surface area contributed by atoms with E-state index in [4.69, 9.17) is 0 Å². The highest BCUT2D eigenvalue weighted by molar-refractivity contribution is 5.40. The predicted molar refractivity (Wildman–Crippen MR) is 73.8 cm³/mol. The van der Waals surface area contributed by atoms with Crippen LogP contribution in [0.2, 0.25) is 0 Å². The van der Waals surface area contributed by atoms with Gasteiger partial charge in [0, 0.05) is 18.8 Å². The van der Waals surface area contributed by atoms with E-state index >= 15 is 0 Å². The van der Waals surface area contributed by atoms with E-state index in [1.54, 1.807) is 25.6 Å². The van der Waals surface area contributed by atoms with Crippen molar-refractivity contribution in [2.24, 2.45) is 0 Å². The van der Waals surface area contributed by atoms with Crippen LogP contribution in [-0.2, 0) is 6.54 Å². The summed E-state index contributed by atoms with van der Waals surface area (Å²) in [7, 11) is 1.78. The Morgan fingerprint density at radius 3 is 2.60 bits per heavy atom. The van der Waals surface area contributed by atoms with Crippen molar-refractivity contribution >= 4 is 11.5 Å². The summed E-state index contributed by atoms with van der Waals surface area (Å²) in [6.45, 7) is 5.47. The molecular formula is C12H16N6O2. The quantitative estimate of drug-likeness (QED) is 0.672. The van der Waals surface area contributed by atoms with Gasteiger partial charge in [-0.1, -0.05) is 0 Å². The van der Waals surface area contributed by atoms with E-state index in [1.165, 1.54) is 0 Å². The average molecular weight is 276 g/mol. The molecular weight excluding hydrogens is 260 g/mol. The molecule has 2 rings (SSSR count). The van der Waals surface area contributed by atoms with Crippen molar-refractivity contribution in [1.82, 2.24) is 19.7 Å². The Morgan fingerprint density at radius 1 is 1.35 bits per heavy atom. The molecule has 0 aromatic carbocycles. The molecule has 0 saturated carbocycles. The fraction of sp³-hybridized carbons (Fsp3) is 0.417. The molecule has 8 heteroatoms. The molecule has 0 unspecified atom stereocenters. The highest BCUT2D eigenvalue weighted by Crippen LogP contribution is 2.22. The molecule has 0 fully saturated rings. The SMILES string of the molecule is CNc1cc(C)nc(Cn2nc(C)c([N+](=O)[O-])c2C)n1. The van der Waals surface area contributed by atoms with E-state index < -0.39 is 4.92 Å². The number of hydrogen-bond acceptors (Lipinski definition) is 6. The molecule has 2 aromatic heterocycles. The first kappa shape index (κ1) is 13.9. The number of rotatable bonds is 4. The van der Waals surface area contributed by atoms with Gasteiger partial charge in [-0.25, -0.2) is 9.97 Å². The van der Waals surface area contributed by atoms with Crippen molar-refractivity contribution in [3.63, 3.8) is 0 Å². The lowest BCUT2D eigenvalue weighted by Crippen LogP contribution is -2.10. The fourth-order valence-electron chi connectivity index (χ4n) is 2.07. The first-order chi connectivity index (χ1) is 9.42. The monoisotopic (exact) mass is 276 g/mol. The number of hydrogen-bond donors (Lipinski definition) is 1. The molecule has 0 bridgehead atoms. The van der Waals surface area contributed by atoms with Crippen LogP contribution in [0.1, 0.15) is 22.9 Å². The Labute approximate surface area is 116 Å². The Kier molecular flexibility index (Phi) is 3.64. The third-order valence-corrected chi connectivity index (χ3v) is 2.97. The van der Waals surface area contributed by atoms with Gasteiger partial charge in [-0.3, -0.25) is 14.8 Å². The zero-order valence-corrected chi connectivity index (χ0v) is 11.8. The van der Waals surface area contributed by atoms with Gasteiger partial charge in [-0.05, 0) is 20.8 Å². The molecule has 0 saturated heterocycles. The second-order valence-electron chi connectivity index (χ2n) is 4.49. The second kappa shape index (κ2) is 5.24. The van der Waals surface area contributed by atoms with Crippen LogP contribution in [0.25, 0.3) is 0 Å². The van der Waals surface area contributed by atoms with E-state index in [1.807, 2.05) is 13.0 Å². The van der Waals surface area contributed by atoms with Crippen molar-refractivity contribution in [3.8, 4) is 0 Å². The summed E-state index contributed by atoms with van der Waals surface area (Å²) in [5.74, 6) is 1.28. The summed E-state index contributed by atoms with van der Waals surface area (Å²) in [6, 6.07) is 1.83. The van der Waals surface area contributed by atoms with Crippen LogP contribution in [0, 0.1) is 30.9 Å². The summed E-state index contributed by atoms with van der Waals surface area (Å²) < 4.78 is 1.56. The first-order valence-corrected chi connectivity index (χ1v) is 6.13. The van der Waals surface area contributed by atoms with Crippen molar-refractivity contribution in [2.45, 2.75) is 27.3 Å². The largest absolute Gasteiger partial charge is 0.373 e. The zero-order valence-electron chi connectivity index (χ0n) is 11.8. The molecule has 106 valence electrons. The van der Waals surface area contributed by atoms with Gasteiger partial charge in [-0.15, -0.1) is 0 Å². The van der Waals surface area contributed by atoms with E-state index in [-0.39, 0.29) is 5.69 Å². The summed E-state index contributed by atoms with van der Waals surface area (Å²) in [5.41, 5.74) is 1.78. The number of nitrogens with one attached hydrogen (secondary N) is 1. The highest BCUT2D eigenvalue weighted by Gasteiger charge is 2.22. The van der Waals surface area contributed by atoms with Gasteiger partial charge in [0.15, 0.2) is 5.82 Å². The standard InChI is InChI=1S/C12H16N6O2/c1-7-5-10(13-4)15-11(14-7)6-17-9(3)12(18(19)20)8(2)16-17/h5H,6H2,1-4H3,(H,13,14,15). The molecule has 2 aromatic rings. The van der Waals surface area contributed by atoms with Crippen LogP contribution < -0.4 is 5.32 Å². The fourth-order valence-corrected chi connectivity index (χ4v) is 2.07. The number of aryl methyl sites for hydroxylation is 2. The third-order valence-electron chi connectivity index (χ3n) is 2.97. The van der Waals surface area contributed by atoms with Crippen LogP contribution in [-0.4, -0.2) is 31.7 Å². The maximum Gasteiger partial charge on any atom is 0.312 e. The molecule has 0 amide bonds. The Bertz CT molecular complexity index is 664. The lowest BCUT2D eigenvalue weighted by atomic mass is 10.3. The van der Waals surface area contributed by atoms with E-state index in [9.17, 15) is 10.1 Å². The number of nitro groups is 1. The maximum absolute atomic E-state index is 11.0. The van der Waals surface area contributed by atoms with Crippen LogP contribution in [0.5, 0.6) is 0 Å². The second-order valence-corrected chi connectivity index (χ2v) is 4.49. The molecule has 0 aliphatic heterocycles. The first-order valence-electron chi connectivity index (χ1n) is 6.13. The maximum atomic E-state index is 11.0. The van der Waals surface area contributed by atoms with E-state index in [2.05, 4.69) is 20.4 Å². The topological polar surface area (TPSA) is 98.8 Å². The van der Waals surface area contributed by atoms with Gasteiger partial charge < -0.3 is 5.32 Å². The van der Waals surface area contributed by atoms with Gasteiger partial charge in [0.05, 0.1) is 4.92 Å². The van der Waals surface area contributed by atoms with Gasteiger partial charge >= 0.3 is 5.69 Å². The minimum Gasteiger partial charge on any atom is -0.373 e. The van der Waals surface area contributed by atoms with Crippen molar-refractivity contribution in [2.75, 3.05) is 12.4 Å². The number of aromatic nitrogens is 4. The van der Waals surface area contributed by atoms with E-state index in [0.29, 0.717) is 29.6 Å². The van der Waals surface area contributed by atoms with Crippen LogP contribution in [0.3, 0.4) is 0 Å². The molecule has 0 radical (unpaired) electrons. The Morgan fingerprint density at radius 2 is 2.05 bits per heavy atom. The summed E-state index contributed by atoms with van der Waals surface area (Å²) in [4.78, 5) is 19.2. The molecule has 1 N–H and O–H groups in total. The summed E-state index contributed by atoms with van der Waals surface area (Å²) in [5, 5.41) is 18.1. The lowest BCUT2D eigenvalue weighted by molar-refractivity contribution is -0.386. The average Bonchev–Trinajstić information content (AvgIpc) is 2.63. The molecule has 0 aliphatic carbocycles. The molecule has 0 atom stereocenters.